The number of benzene rings is 1. The number of imidazole rings is 1. The van der Waals surface area contributed by atoms with E-state index in [4.69, 9.17) is 5.41 Å². The molecule has 1 saturated carbocycles. The normalized spacial score (nSPS) is 15.9. The second-order valence-corrected chi connectivity index (χ2v) is 7.49. The van der Waals surface area contributed by atoms with Crippen molar-refractivity contribution in [2.45, 2.75) is 25.9 Å². The van der Waals surface area contributed by atoms with Crippen molar-refractivity contribution in [2.24, 2.45) is 5.92 Å². The predicted octanol–water partition coefficient (Wildman–Crippen LogP) is 4.84. The molecular formula is C21H20F2N4OS. The molecule has 150 valence electrons. The Kier molecular flexibility index (Phi) is 5.38. The Hall–Kier alpha value is -2.71. The van der Waals surface area contributed by atoms with E-state index in [0.29, 0.717) is 33.7 Å². The lowest BCUT2D eigenvalue weighted by Crippen LogP contribution is -2.15. The highest BCUT2D eigenvalue weighted by atomic mass is 32.2. The van der Waals surface area contributed by atoms with Crippen LogP contribution in [0.2, 0.25) is 0 Å². The number of halogens is 2. The Morgan fingerprint density at radius 3 is 2.55 bits per heavy atom. The molecule has 2 heterocycles. The first-order valence-electron chi connectivity index (χ1n) is 9.27. The van der Waals surface area contributed by atoms with Gasteiger partial charge in [0.1, 0.15) is 11.5 Å². The molecule has 0 aliphatic heterocycles. The molecule has 1 atom stereocenters. The summed E-state index contributed by atoms with van der Waals surface area (Å²) in [6.45, 7) is 1.66. The molecule has 3 aromatic rings. The zero-order chi connectivity index (χ0) is 20.5. The monoisotopic (exact) mass is 414 g/mol. The molecule has 5 nitrogen and oxygen atoms in total. The number of nitrogens with one attached hydrogen (secondary N) is 2. The number of hydrogen-bond acceptors (Lipinski definition) is 5. The SMILES string of the molecule is CC(O)c1cnc2ccc(/C(C(=N)c3ccc(F)cc3)=C(/NSF)C3CC3)cn12. The number of aliphatic hydroxyl groups is 1. The summed E-state index contributed by atoms with van der Waals surface area (Å²) in [6.07, 6.45) is 4.51. The first kappa shape index (κ1) is 19.6. The molecule has 4 rings (SSSR count). The van der Waals surface area contributed by atoms with Gasteiger partial charge in [-0.3, -0.25) is 5.41 Å². The largest absolute Gasteiger partial charge is 0.387 e. The van der Waals surface area contributed by atoms with Crippen LogP contribution in [0.15, 0.2) is 54.5 Å². The average Bonchev–Trinajstić information content (AvgIpc) is 3.46. The second-order valence-electron chi connectivity index (χ2n) is 7.13. The number of aliphatic hydroxyl groups excluding tert-OH is 1. The standard InChI is InChI=1S/C21H20F2N4OS/c1-12(28)17-10-25-18-9-6-15(11-27(17)18)19(21(26-29-23)14-2-3-14)20(24)13-4-7-16(22)8-5-13/h4-12,14,24,26,28H,2-3H2,1H3/b21-19-,24-20?. The molecule has 0 amide bonds. The van der Waals surface area contributed by atoms with Gasteiger partial charge in [0.05, 0.1) is 23.7 Å². The molecule has 0 spiro atoms. The molecule has 1 unspecified atom stereocenters. The van der Waals surface area contributed by atoms with E-state index >= 15 is 0 Å². The van der Waals surface area contributed by atoms with Crippen LogP contribution in [-0.2, 0) is 0 Å². The zero-order valence-electron chi connectivity index (χ0n) is 15.7. The molecule has 29 heavy (non-hydrogen) atoms. The van der Waals surface area contributed by atoms with E-state index in [9.17, 15) is 13.4 Å². The second kappa shape index (κ2) is 7.96. The average molecular weight is 414 g/mol. The molecule has 1 aliphatic rings. The van der Waals surface area contributed by atoms with E-state index in [1.807, 2.05) is 6.07 Å². The highest BCUT2D eigenvalue weighted by molar-refractivity contribution is 7.92. The number of aromatic nitrogens is 2. The molecule has 2 aromatic heterocycles. The maximum Gasteiger partial charge on any atom is 0.162 e. The van der Waals surface area contributed by atoms with Crippen molar-refractivity contribution in [1.29, 1.82) is 5.41 Å². The van der Waals surface area contributed by atoms with Crippen molar-refractivity contribution in [2.75, 3.05) is 0 Å². The van der Waals surface area contributed by atoms with Crippen molar-refractivity contribution in [3.8, 4) is 0 Å². The predicted molar refractivity (Wildman–Crippen MR) is 111 cm³/mol. The van der Waals surface area contributed by atoms with E-state index in [-0.39, 0.29) is 29.8 Å². The van der Waals surface area contributed by atoms with Gasteiger partial charge in [-0.1, -0.05) is 0 Å². The van der Waals surface area contributed by atoms with Gasteiger partial charge in [-0.05, 0) is 56.2 Å². The van der Waals surface area contributed by atoms with Gasteiger partial charge in [0, 0.05) is 34.5 Å². The van der Waals surface area contributed by atoms with Crippen LogP contribution in [0.3, 0.4) is 0 Å². The van der Waals surface area contributed by atoms with Gasteiger partial charge in [-0.15, -0.1) is 3.89 Å². The third-order valence-electron chi connectivity index (χ3n) is 5.04. The van der Waals surface area contributed by atoms with Gasteiger partial charge >= 0.3 is 0 Å². The summed E-state index contributed by atoms with van der Waals surface area (Å²) < 4.78 is 31.1. The van der Waals surface area contributed by atoms with Gasteiger partial charge in [-0.25, -0.2) is 9.37 Å². The van der Waals surface area contributed by atoms with E-state index in [1.54, 1.807) is 41.9 Å². The fourth-order valence-corrected chi connectivity index (χ4v) is 3.76. The quantitative estimate of drug-likeness (QED) is 0.382. The Bertz CT molecular complexity index is 1090. The van der Waals surface area contributed by atoms with E-state index < -0.39 is 6.10 Å². The van der Waals surface area contributed by atoms with E-state index in [1.165, 1.54) is 12.1 Å². The van der Waals surface area contributed by atoms with E-state index in [2.05, 4.69) is 9.71 Å². The Labute approximate surface area is 171 Å². The summed E-state index contributed by atoms with van der Waals surface area (Å²) in [7, 11) is 0. The van der Waals surface area contributed by atoms with E-state index in [0.717, 1.165) is 12.8 Å². The summed E-state index contributed by atoms with van der Waals surface area (Å²) in [6, 6.07) is 9.32. The molecule has 3 N–H and O–H groups in total. The number of hydrogen-bond donors (Lipinski definition) is 3. The molecule has 1 aromatic carbocycles. The van der Waals surface area contributed by atoms with Crippen molar-refractivity contribution in [1.82, 2.24) is 14.1 Å². The molecule has 1 fully saturated rings. The zero-order valence-corrected chi connectivity index (χ0v) is 16.5. The number of nitrogens with zero attached hydrogens (tertiary/aromatic N) is 2. The minimum absolute atomic E-state index is 0.00576. The molecule has 0 saturated heterocycles. The summed E-state index contributed by atoms with van der Waals surface area (Å²) in [5.74, 6) is -0.239. The highest BCUT2D eigenvalue weighted by Gasteiger charge is 2.31. The van der Waals surface area contributed by atoms with Crippen LogP contribution in [0.4, 0.5) is 8.28 Å². The van der Waals surface area contributed by atoms with Crippen LogP contribution in [0.5, 0.6) is 0 Å². The summed E-state index contributed by atoms with van der Waals surface area (Å²) >= 11 is 0.00576. The topological polar surface area (TPSA) is 73.4 Å². The van der Waals surface area contributed by atoms with Crippen molar-refractivity contribution in [3.05, 3.63) is 77.1 Å². The number of fused-ring (bicyclic) bond motifs is 1. The number of allylic oxidation sites excluding steroid dienone is 2. The van der Waals surface area contributed by atoms with Crippen molar-refractivity contribution in [3.63, 3.8) is 0 Å². The van der Waals surface area contributed by atoms with Crippen LogP contribution >= 0.6 is 12.3 Å². The van der Waals surface area contributed by atoms with Crippen molar-refractivity contribution >= 4 is 29.3 Å². The fourth-order valence-electron chi connectivity index (χ4n) is 3.40. The van der Waals surface area contributed by atoms with Crippen LogP contribution in [0.25, 0.3) is 11.2 Å². The van der Waals surface area contributed by atoms with Gasteiger partial charge in [0.25, 0.3) is 0 Å². The van der Waals surface area contributed by atoms with Gasteiger partial charge in [0.15, 0.2) is 12.3 Å². The first-order valence-corrected chi connectivity index (χ1v) is 9.99. The molecule has 0 bridgehead atoms. The lowest BCUT2D eigenvalue weighted by Gasteiger charge is -2.17. The Morgan fingerprint density at radius 1 is 1.24 bits per heavy atom. The summed E-state index contributed by atoms with van der Waals surface area (Å²) in [5, 5.41) is 18.8. The van der Waals surface area contributed by atoms with Gasteiger partial charge in [0.2, 0.25) is 0 Å². The Morgan fingerprint density at radius 2 is 1.93 bits per heavy atom. The van der Waals surface area contributed by atoms with Crippen LogP contribution in [-0.4, -0.2) is 20.2 Å². The van der Waals surface area contributed by atoms with Crippen LogP contribution in [0, 0.1) is 17.1 Å². The minimum atomic E-state index is -0.716. The van der Waals surface area contributed by atoms with Gasteiger partial charge < -0.3 is 14.2 Å². The van der Waals surface area contributed by atoms with Gasteiger partial charge in [-0.2, -0.15) is 0 Å². The maximum absolute atomic E-state index is 13.4. The summed E-state index contributed by atoms with van der Waals surface area (Å²) in [4.78, 5) is 4.29. The third-order valence-corrected chi connectivity index (χ3v) is 5.33. The number of rotatable bonds is 7. The third kappa shape index (κ3) is 3.90. The lowest BCUT2D eigenvalue weighted by atomic mass is 9.93. The minimum Gasteiger partial charge on any atom is -0.387 e. The highest BCUT2D eigenvalue weighted by Crippen LogP contribution is 2.41. The fraction of sp³-hybridized carbons (Fsp3) is 0.238. The van der Waals surface area contributed by atoms with Crippen LogP contribution < -0.4 is 4.72 Å². The molecule has 1 aliphatic carbocycles. The number of pyridine rings is 1. The summed E-state index contributed by atoms with van der Waals surface area (Å²) in [5.41, 5.74) is 3.88. The first-order chi connectivity index (χ1) is 14.0. The molecule has 0 radical (unpaired) electrons. The smallest absolute Gasteiger partial charge is 0.162 e. The van der Waals surface area contributed by atoms with Crippen LogP contribution in [0.1, 0.15) is 42.7 Å². The molecular weight excluding hydrogens is 394 g/mol. The lowest BCUT2D eigenvalue weighted by molar-refractivity contribution is 0.193. The molecule has 8 heteroatoms. The van der Waals surface area contributed by atoms with Crippen molar-refractivity contribution < 1.29 is 13.4 Å². The Balaban J connectivity index is 1.89. The maximum atomic E-state index is 13.4.